The number of rotatable bonds is 5. The van der Waals surface area contributed by atoms with Gasteiger partial charge in [-0.1, -0.05) is 13.0 Å². The lowest BCUT2D eigenvalue weighted by atomic mass is 10.1. The van der Waals surface area contributed by atoms with Crippen LogP contribution in [0.25, 0.3) is 0 Å². The van der Waals surface area contributed by atoms with Crippen LogP contribution in [-0.2, 0) is 16.1 Å². The molecule has 1 rings (SSSR count). The minimum absolute atomic E-state index is 0.105. The third-order valence-electron chi connectivity index (χ3n) is 2.36. The number of ether oxygens (including phenoxy) is 1. The first kappa shape index (κ1) is 12.6. The number of carbonyl (C=O) groups excluding carboxylic acids is 1. The minimum atomic E-state index is -0.168. The molecule has 4 nitrogen and oxygen atoms in total. The molecule has 0 unspecified atom stereocenters. The Labute approximate surface area is 96.2 Å². The number of methoxy groups -OCH3 is 1. The number of pyridine rings is 1. The zero-order chi connectivity index (χ0) is 12.0. The summed E-state index contributed by atoms with van der Waals surface area (Å²) >= 11 is 0. The number of esters is 1. The standard InChI is InChI=1S/C12H18N2O2/c1-10(12(15)16-3)8-14(2)9-11-5-4-6-13-7-11/h4-7,10H,8-9H2,1-3H3/t10-/m1/s1. The van der Waals surface area contributed by atoms with Crippen LogP contribution in [0.3, 0.4) is 0 Å². The summed E-state index contributed by atoms with van der Waals surface area (Å²) in [5.41, 5.74) is 1.14. The number of aromatic nitrogens is 1. The second-order valence-electron chi connectivity index (χ2n) is 3.98. The Morgan fingerprint density at radius 2 is 2.38 bits per heavy atom. The smallest absolute Gasteiger partial charge is 0.309 e. The molecule has 0 spiro atoms. The summed E-state index contributed by atoms with van der Waals surface area (Å²) in [4.78, 5) is 17.4. The predicted octanol–water partition coefficient (Wildman–Crippen LogP) is 1.32. The number of carbonyl (C=O) groups is 1. The maximum atomic E-state index is 11.2. The molecule has 0 N–H and O–H groups in total. The molecule has 16 heavy (non-hydrogen) atoms. The van der Waals surface area contributed by atoms with Gasteiger partial charge in [-0.05, 0) is 18.7 Å². The van der Waals surface area contributed by atoms with Gasteiger partial charge >= 0.3 is 5.97 Å². The van der Waals surface area contributed by atoms with Crippen molar-refractivity contribution in [1.82, 2.24) is 9.88 Å². The van der Waals surface area contributed by atoms with E-state index in [1.807, 2.05) is 32.3 Å². The normalized spacial score (nSPS) is 12.5. The molecule has 0 bridgehead atoms. The molecular formula is C12H18N2O2. The van der Waals surface area contributed by atoms with Gasteiger partial charge in [0.05, 0.1) is 13.0 Å². The molecular weight excluding hydrogens is 204 g/mol. The Morgan fingerprint density at radius 1 is 1.62 bits per heavy atom. The summed E-state index contributed by atoms with van der Waals surface area (Å²) in [5.74, 6) is -0.273. The van der Waals surface area contributed by atoms with Gasteiger partial charge in [0.2, 0.25) is 0 Å². The number of nitrogens with zero attached hydrogens (tertiary/aromatic N) is 2. The van der Waals surface area contributed by atoms with Crippen LogP contribution < -0.4 is 0 Å². The molecule has 0 amide bonds. The van der Waals surface area contributed by atoms with E-state index in [4.69, 9.17) is 0 Å². The van der Waals surface area contributed by atoms with E-state index in [0.717, 1.165) is 12.1 Å². The van der Waals surface area contributed by atoms with E-state index in [1.54, 1.807) is 6.20 Å². The molecule has 0 aromatic carbocycles. The molecule has 0 aliphatic rings. The Hall–Kier alpha value is -1.42. The van der Waals surface area contributed by atoms with E-state index in [2.05, 4.69) is 14.6 Å². The highest BCUT2D eigenvalue weighted by molar-refractivity contribution is 5.72. The number of hydrogen-bond donors (Lipinski definition) is 0. The second-order valence-corrected chi connectivity index (χ2v) is 3.98. The molecule has 1 heterocycles. The fraction of sp³-hybridized carbons (Fsp3) is 0.500. The van der Waals surface area contributed by atoms with Gasteiger partial charge in [-0.15, -0.1) is 0 Å². The lowest BCUT2D eigenvalue weighted by Crippen LogP contribution is -2.29. The van der Waals surface area contributed by atoms with Crippen LogP contribution in [0.15, 0.2) is 24.5 Å². The highest BCUT2D eigenvalue weighted by Crippen LogP contribution is 2.05. The van der Waals surface area contributed by atoms with Crippen LogP contribution in [-0.4, -0.2) is 36.6 Å². The first-order chi connectivity index (χ1) is 7.63. The molecule has 1 atom stereocenters. The molecule has 0 radical (unpaired) electrons. The molecule has 0 aliphatic carbocycles. The topological polar surface area (TPSA) is 42.4 Å². The van der Waals surface area contributed by atoms with E-state index in [-0.39, 0.29) is 11.9 Å². The molecule has 0 saturated heterocycles. The van der Waals surface area contributed by atoms with Gasteiger partial charge in [0.25, 0.3) is 0 Å². The Bertz CT molecular complexity index is 327. The lowest BCUT2D eigenvalue weighted by molar-refractivity contribution is -0.145. The lowest BCUT2D eigenvalue weighted by Gasteiger charge is -2.19. The van der Waals surface area contributed by atoms with Crippen LogP contribution in [0.2, 0.25) is 0 Å². The van der Waals surface area contributed by atoms with Gasteiger partial charge in [0.1, 0.15) is 0 Å². The van der Waals surface area contributed by atoms with Crippen LogP contribution in [0.5, 0.6) is 0 Å². The van der Waals surface area contributed by atoms with Crippen molar-refractivity contribution in [2.75, 3.05) is 20.7 Å². The third kappa shape index (κ3) is 3.98. The summed E-state index contributed by atoms with van der Waals surface area (Å²) < 4.78 is 4.69. The van der Waals surface area contributed by atoms with E-state index in [9.17, 15) is 4.79 Å². The van der Waals surface area contributed by atoms with Crippen molar-refractivity contribution in [3.05, 3.63) is 30.1 Å². The van der Waals surface area contributed by atoms with E-state index < -0.39 is 0 Å². The largest absolute Gasteiger partial charge is 0.469 e. The fourth-order valence-electron chi connectivity index (χ4n) is 1.61. The van der Waals surface area contributed by atoms with Gasteiger partial charge < -0.3 is 9.64 Å². The maximum absolute atomic E-state index is 11.2. The first-order valence-corrected chi connectivity index (χ1v) is 5.28. The molecule has 4 heteroatoms. The fourth-order valence-corrected chi connectivity index (χ4v) is 1.61. The van der Waals surface area contributed by atoms with Gasteiger partial charge in [-0.2, -0.15) is 0 Å². The molecule has 0 aliphatic heterocycles. The average molecular weight is 222 g/mol. The van der Waals surface area contributed by atoms with Gasteiger partial charge in [0, 0.05) is 25.5 Å². The summed E-state index contributed by atoms with van der Waals surface area (Å²) in [6, 6.07) is 3.93. The van der Waals surface area contributed by atoms with Crippen molar-refractivity contribution in [3.63, 3.8) is 0 Å². The molecule has 1 aromatic rings. The Balaban J connectivity index is 2.42. The van der Waals surface area contributed by atoms with E-state index in [0.29, 0.717) is 6.54 Å². The third-order valence-corrected chi connectivity index (χ3v) is 2.36. The predicted molar refractivity (Wildman–Crippen MR) is 61.8 cm³/mol. The summed E-state index contributed by atoms with van der Waals surface area (Å²) in [6.45, 7) is 3.34. The zero-order valence-corrected chi connectivity index (χ0v) is 10.0. The van der Waals surface area contributed by atoms with Crippen molar-refractivity contribution in [2.24, 2.45) is 5.92 Å². The average Bonchev–Trinajstić information content (AvgIpc) is 2.29. The van der Waals surface area contributed by atoms with E-state index in [1.165, 1.54) is 7.11 Å². The van der Waals surface area contributed by atoms with Crippen LogP contribution in [0.1, 0.15) is 12.5 Å². The maximum Gasteiger partial charge on any atom is 0.309 e. The van der Waals surface area contributed by atoms with Gasteiger partial charge in [0.15, 0.2) is 0 Å². The summed E-state index contributed by atoms with van der Waals surface area (Å²) in [6.07, 6.45) is 3.58. The van der Waals surface area contributed by atoms with Crippen molar-refractivity contribution in [2.45, 2.75) is 13.5 Å². The van der Waals surface area contributed by atoms with Crippen LogP contribution in [0, 0.1) is 5.92 Å². The molecule has 88 valence electrons. The highest BCUT2D eigenvalue weighted by atomic mass is 16.5. The second kappa shape index (κ2) is 6.23. The van der Waals surface area contributed by atoms with E-state index >= 15 is 0 Å². The Morgan fingerprint density at radius 3 is 2.94 bits per heavy atom. The quantitative estimate of drug-likeness (QED) is 0.705. The van der Waals surface area contributed by atoms with Crippen molar-refractivity contribution >= 4 is 5.97 Å². The van der Waals surface area contributed by atoms with Crippen molar-refractivity contribution < 1.29 is 9.53 Å². The minimum Gasteiger partial charge on any atom is -0.469 e. The SMILES string of the molecule is COC(=O)[C@H](C)CN(C)Cc1cccnc1. The summed E-state index contributed by atoms with van der Waals surface area (Å²) in [5, 5.41) is 0. The van der Waals surface area contributed by atoms with Crippen LogP contribution in [0.4, 0.5) is 0 Å². The number of hydrogen-bond acceptors (Lipinski definition) is 4. The van der Waals surface area contributed by atoms with Crippen LogP contribution >= 0.6 is 0 Å². The Kier molecular flexibility index (Phi) is 4.92. The summed E-state index contributed by atoms with van der Waals surface area (Å²) in [7, 11) is 3.40. The van der Waals surface area contributed by atoms with Gasteiger partial charge in [-0.25, -0.2) is 0 Å². The van der Waals surface area contributed by atoms with Gasteiger partial charge in [-0.3, -0.25) is 9.78 Å². The highest BCUT2D eigenvalue weighted by Gasteiger charge is 2.15. The zero-order valence-electron chi connectivity index (χ0n) is 10.0. The monoisotopic (exact) mass is 222 g/mol. The van der Waals surface area contributed by atoms with Crippen molar-refractivity contribution in [1.29, 1.82) is 0 Å². The van der Waals surface area contributed by atoms with Crippen molar-refractivity contribution in [3.8, 4) is 0 Å². The molecule has 0 fully saturated rings. The molecule has 1 aromatic heterocycles. The molecule has 0 saturated carbocycles. The first-order valence-electron chi connectivity index (χ1n) is 5.28.